The average Bonchev–Trinajstić information content (AvgIpc) is 2.65. The molecule has 0 fully saturated rings. The Kier molecular flexibility index (Phi) is 3.35. The number of likely N-dealkylation sites (N-methyl/N-ethyl adjacent to an activating group) is 1. The fourth-order valence-corrected chi connectivity index (χ4v) is 1.34. The average molecular weight is 212 g/mol. The van der Waals surface area contributed by atoms with E-state index in [4.69, 9.17) is 5.11 Å². The van der Waals surface area contributed by atoms with Crippen LogP contribution in [0.3, 0.4) is 0 Å². The van der Waals surface area contributed by atoms with Gasteiger partial charge in [0.2, 0.25) is 0 Å². The molecule has 1 aromatic rings. The quantitative estimate of drug-likeness (QED) is 0.750. The van der Waals surface area contributed by atoms with E-state index in [2.05, 4.69) is 4.98 Å². The fourth-order valence-electron chi connectivity index (χ4n) is 0.730. The SMILES string of the molecule is CN(C(=O)/C=C/C(=O)O)c1nccs1. The van der Waals surface area contributed by atoms with Gasteiger partial charge in [-0.3, -0.25) is 9.69 Å². The number of anilines is 1. The molecule has 5 nitrogen and oxygen atoms in total. The van der Waals surface area contributed by atoms with Gasteiger partial charge in [-0.25, -0.2) is 9.78 Å². The summed E-state index contributed by atoms with van der Waals surface area (Å²) >= 11 is 1.31. The van der Waals surface area contributed by atoms with E-state index in [0.717, 1.165) is 12.2 Å². The van der Waals surface area contributed by atoms with Crippen LogP contribution in [-0.4, -0.2) is 29.0 Å². The molecule has 0 aromatic carbocycles. The molecule has 1 rings (SSSR count). The second kappa shape index (κ2) is 4.52. The minimum absolute atomic E-state index is 0.414. The van der Waals surface area contributed by atoms with Crippen molar-refractivity contribution in [1.82, 2.24) is 4.98 Å². The van der Waals surface area contributed by atoms with Gasteiger partial charge in [0.25, 0.3) is 5.91 Å². The number of nitrogens with zero attached hydrogens (tertiary/aromatic N) is 2. The molecule has 74 valence electrons. The van der Waals surface area contributed by atoms with Gasteiger partial charge in [0.1, 0.15) is 0 Å². The molecular formula is C8H8N2O3S. The Morgan fingerprint density at radius 3 is 2.79 bits per heavy atom. The lowest BCUT2D eigenvalue weighted by molar-refractivity contribution is -0.131. The van der Waals surface area contributed by atoms with E-state index in [1.165, 1.54) is 23.3 Å². The van der Waals surface area contributed by atoms with Crippen molar-refractivity contribution in [2.75, 3.05) is 11.9 Å². The summed E-state index contributed by atoms with van der Waals surface area (Å²) in [6, 6.07) is 0. The molecule has 1 aromatic heterocycles. The van der Waals surface area contributed by atoms with Crippen LogP contribution in [0.2, 0.25) is 0 Å². The van der Waals surface area contributed by atoms with E-state index in [1.807, 2.05) is 0 Å². The van der Waals surface area contributed by atoms with Crippen LogP contribution in [0.1, 0.15) is 0 Å². The van der Waals surface area contributed by atoms with Crippen molar-refractivity contribution in [1.29, 1.82) is 0 Å². The lowest BCUT2D eigenvalue weighted by atomic mass is 10.4. The lowest BCUT2D eigenvalue weighted by Gasteiger charge is -2.09. The number of hydrogen-bond acceptors (Lipinski definition) is 4. The first-order valence-electron chi connectivity index (χ1n) is 3.69. The van der Waals surface area contributed by atoms with E-state index >= 15 is 0 Å². The van der Waals surface area contributed by atoms with E-state index in [1.54, 1.807) is 11.6 Å². The topological polar surface area (TPSA) is 70.5 Å². The molecule has 0 aliphatic carbocycles. The molecular weight excluding hydrogens is 204 g/mol. The number of carboxylic acid groups (broad SMARTS) is 1. The number of rotatable bonds is 3. The third-order valence-corrected chi connectivity index (χ3v) is 2.25. The van der Waals surface area contributed by atoms with Gasteiger partial charge in [-0.05, 0) is 0 Å². The highest BCUT2D eigenvalue weighted by molar-refractivity contribution is 7.13. The standard InChI is InChI=1S/C8H8N2O3S/c1-10(8-9-4-5-14-8)6(11)2-3-7(12)13/h2-5H,1H3,(H,12,13)/b3-2+. The van der Waals surface area contributed by atoms with E-state index in [9.17, 15) is 9.59 Å². The van der Waals surface area contributed by atoms with Gasteiger partial charge in [0, 0.05) is 30.8 Å². The van der Waals surface area contributed by atoms with Crippen molar-refractivity contribution >= 4 is 28.3 Å². The summed E-state index contributed by atoms with van der Waals surface area (Å²) in [5.41, 5.74) is 0. The van der Waals surface area contributed by atoms with Gasteiger partial charge >= 0.3 is 5.97 Å². The summed E-state index contributed by atoms with van der Waals surface area (Å²) in [5.74, 6) is -1.56. The first kappa shape index (κ1) is 10.4. The normalized spacial score (nSPS) is 10.4. The monoisotopic (exact) mass is 212 g/mol. The van der Waals surface area contributed by atoms with Crippen LogP contribution in [0.15, 0.2) is 23.7 Å². The van der Waals surface area contributed by atoms with Gasteiger partial charge in [-0.1, -0.05) is 0 Å². The van der Waals surface area contributed by atoms with Crippen LogP contribution >= 0.6 is 11.3 Å². The predicted molar refractivity (Wildman–Crippen MR) is 52.3 cm³/mol. The Morgan fingerprint density at radius 2 is 2.29 bits per heavy atom. The summed E-state index contributed by atoms with van der Waals surface area (Å²) in [5, 5.41) is 10.6. The lowest BCUT2D eigenvalue weighted by Crippen LogP contribution is -2.23. The highest BCUT2D eigenvalue weighted by Crippen LogP contribution is 2.15. The van der Waals surface area contributed by atoms with Crippen molar-refractivity contribution < 1.29 is 14.7 Å². The first-order valence-corrected chi connectivity index (χ1v) is 4.57. The third-order valence-electron chi connectivity index (χ3n) is 1.41. The molecule has 0 spiro atoms. The number of hydrogen-bond donors (Lipinski definition) is 1. The van der Waals surface area contributed by atoms with Gasteiger partial charge in [-0.2, -0.15) is 0 Å². The summed E-state index contributed by atoms with van der Waals surface area (Å²) in [6.07, 6.45) is 3.36. The Balaban J connectivity index is 2.67. The largest absolute Gasteiger partial charge is 0.478 e. The number of thiazole rings is 1. The van der Waals surface area contributed by atoms with Crippen LogP contribution in [0.5, 0.6) is 0 Å². The van der Waals surface area contributed by atoms with E-state index < -0.39 is 11.9 Å². The van der Waals surface area contributed by atoms with Crippen LogP contribution < -0.4 is 4.90 Å². The maximum absolute atomic E-state index is 11.3. The smallest absolute Gasteiger partial charge is 0.328 e. The minimum Gasteiger partial charge on any atom is -0.478 e. The summed E-state index contributed by atoms with van der Waals surface area (Å²) in [7, 11) is 1.54. The second-order valence-corrected chi connectivity index (χ2v) is 3.26. The first-order chi connectivity index (χ1) is 6.61. The Bertz CT molecular complexity index is 359. The molecule has 0 unspecified atom stereocenters. The van der Waals surface area contributed by atoms with Crippen molar-refractivity contribution in [3.63, 3.8) is 0 Å². The molecule has 1 amide bonds. The molecule has 0 atom stereocenters. The number of aromatic nitrogens is 1. The van der Waals surface area contributed by atoms with E-state index in [0.29, 0.717) is 5.13 Å². The van der Waals surface area contributed by atoms with Crippen LogP contribution in [0, 0.1) is 0 Å². The van der Waals surface area contributed by atoms with Crippen LogP contribution in [0.25, 0.3) is 0 Å². The van der Waals surface area contributed by atoms with Crippen molar-refractivity contribution in [2.24, 2.45) is 0 Å². The zero-order valence-corrected chi connectivity index (χ0v) is 8.19. The summed E-state index contributed by atoms with van der Waals surface area (Å²) in [4.78, 5) is 26.6. The maximum Gasteiger partial charge on any atom is 0.328 e. The number of carboxylic acids is 1. The number of carbonyl (C=O) groups excluding carboxylic acids is 1. The second-order valence-electron chi connectivity index (χ2n) is 2.38. The van der Waals surface area contributed by atoms with Crippen molar-refractivity contribution in [2.45, 2.75) is 0 Å². The Morgan fingerprint density at radius 1 is 1.57 bits per heavy atom. The number of carbonyl (C=O) groups is 2. The molecule has 0 aliphatic rings. The van der Waals surface area contributed by atoms with Gasteiger partial charge < -0.3 is 5.11 Å². The zero-order chi connectivity index (χ0) is 10.6. The van der Waals surface area contributed by atoms with Crippen LogP contribution in [0.4, 0.5) is 5.13 Å². The summed E-state index contributed by atoms with van der Waals surface area (Å²) in [6.45, 7) is 0. The Labute approximate surface area is 84.3 Å². The molecule has 14 heavy (non-hydrogen) atoms. The fraction of sp³-hybridized carbons (Fsp3) is 0.125. The number of aliphatic carboxylic acids is 1. The highest BCUT2D eigenvalue weighted by atomic mass is 32.1. The molecule has 0 saturated carbocycles. The Hall–Kier alpha value is -1.69. The van der Waals surface area contributed by atoms with Crippen LogP contribution in [-0.2, 0) is 9.59 Å². The van der Waals surface area contributed by atoms with E-state index in [-0.39, 0.29) is 0 Å². The summed E-state index contributed by atoms with van der Waals surface area (Å²) < 4.78 is 0. The molecule has 0 saturated heterocycles. The van der Waals surface area contributed by atoms with Crippen molar-refractivity contribution in [3.05, 3.63) is 23.7 Å². The molecule has 6 heteroatoms. The predicted octanol–water partition coefficient (Wildman–Crippen LogP) is 0.747. The number of amides is 1. The molecule has 0 bridgehead atoms. The third kappa shape index (κ3) is 2.67. The van der Waals surface area contributed by atoms with Gasteiger partial charge in [0.15, 0.2) is 5.13 Å². The molecule has 0 radical (unpaired) electrons. The maximum atomic E-state index is 11.3. The zero-order valence-electron chi connectivity index (χ0n) is 7.38. The minimum atomic E-state index is -1.15. The molecule has 1 N–H and O–H groups in total. The van der Waals surface area contributed by atoms with Gasteiger partial charge in [-0.15, -0.1) is 11.3 Å². The van der Waals surface area contributed by atoms with Crippen molar-refractivity contribution in [3.8, 4) is 0 Å². The highest BCUT2D eigenvalue weighted by Gasteiger charge is 2.09. The van der Waals surface area contributed by atoms with Gasteiger partial charge in [0.05, 0.1) is 0 Å². The molecule has 0 aliphatic heterocycles. The molecule has 1 heterocycles.